The largest absolute Gasteiger partial charge is 0.496 e. The molecule has 1 aromatic carbocycles. The first-order valence-electron chi connectivity index (χ1n) is 6.68. The molecule has 0 fully saturated rings. The summed E-state index contributed by atoms with van der Waals surface area (Å²) in [6.07, 6.45) is 1.47. The highest BCUT2D eigenvalue weighted by Gasteiger charge is 2.18. The van der Waals surface area contributed by atoms with Crippen molar-refractivity contribution >= 4 is 5.78 Å². The number of hydrogen-bond donors (Lipinski definition) is 0. The van der Waals surface area contributed by atoms with Crippen LogP contribution in [-0.2, 0) is 4.79 Å². The van der Waals surface area contributed by atoms with Crippen LogP contribution in [0.3, 0.4) is 0 Å². The highest BCUT2D eigenvalue weighted by atomic mass is 16.5. The van der Waals surface area contributed by atoms with Crippen LogP contribution in [0.25, 0.3) is 0 Å². The fourth-order valence-electron chi connectivity index (χ4n) is 2.43. The van der Waals surface area contributed by atoms with Gasteiger partial charge in [-0.15, -0.1) is 0 Å². The Morgan fingerprint density at radius 3 is 2.37 bits per heavy atom. The summed E-state index contributed by atoms with van der Waals surface area (Å²) in [7, 11) is 5.81. The van der Waals surface area contributed by atoms with E-state index in [9.17, 15) is 4.79 Å². The van der Waals surface area contributed by atoms with Gasteiger partial charge in [0.15, 0.2) is 0 Å². The molecule has 106 valence electrons. The van der Waals surface area contributed by atoms with Crippen LogP contribution in [0.2, 0.25) is 0 Å². The molecule has 1 rings (SSSR count). The van der Waals surface area contributed by atoms with E-state index in [1.165, 1.54) is 16.7 Å². The second-order valence-electron chi connectivity index (χ2n) is 5.33. The number of ether oxygens (including phenoxy) is 1. The molecule has 1 unspecified atom stereocenters. The molecule has 0 heterocycles. The van der Waals surface area contributed by atoms with Crippen LogP contribution in [0.1, 0.15) is 42.5 Å². The van der Waals surface area contributed by atoms with Crippen LogP contribution in [0.5, 0.6) is 5.75 Å². The quantitative estimate of drug-likeness (QED) is 0.789. The minimum absolute atomic E-state index is 0.245. The molecule has 0 bridgehead atoms. The van der Waals surface area contributed by atoms with Crippen molar-refractivity contribution in [3.05, 3.63) is 28.8 Å². The van der Waals surface area contributed by atoms with Gasteiger partial charge in [-0.3, -0.25) is 0 Å². The van der Waals surface area contributed by atoms with E-state index >= 15 is 0 Å². The van der Waals surface area contributed by atoms with Gasteiger partial charge in [0.1, 0.15) is 11.5 Å². The molecule has 1 atom stereocenters. The number of rotatable bonds is 6. The van der Waals surface area contributed by atoms with Gasteiger partial charge in [0.25, 0.3) is 0 Å². The Kier molecular flexibility index (Phi) is 5.55. The maximum Gasteiger partial charge on any atom is 0.129 e. The normalized spacial score (nSPS) is 12.6. The first-order chi connectivity index (χ1) is 8.88. The maximum atomic E-state index is 11.2. The second kappa shape index (κ2) is 6.71. The smallest absolute Gasteiger partial charge is 0.129 e. The molecule has 0 saturated heterocycles. The Morgan fingerprint density at radius 2 is 1.89 bits per heavy atom. The highest BCUT2D eigenvalue weighted by molar-refractivity contribution is 5.75. The van der Waals surface area contributed by atoms with Gasteiger partial charge in [-0.1, -0.05) is 6.07 Å². The fraction of sp³-hybridized carbons (Fsp3) is 0.562. The van der Waals surface area contributed by atoms with E-state index in [0.717, 1.165) is 12.2 Å². The average molecular weight is 263 g/mol. The molecule has 0 aliphatic carbocycles. The van der Waals surface area contributed by atoms with Gasteiger partial charge in [0, 0.05) is 12.5 Å². The van der Waals surface area contributed by atoms with E-state index in [1.54, 1.807) is 14.0 Å². The molecular formula is C16H25NO2. The summed E-state index contributed by atoms with van der Waals surface area (Å²) in [6.45, 7) is 5.85. The van der Waals surface area contributed by atoms with E-state index in [1.807, 2.05) is 6.07 Å². The van der Waals surface area contributed by atoms with Gasteiger partial charge in [-0.25, -0.2) is 0 Å². The predicted molar refractivity (Wildman–Crippen MR) is 78.8 cm³/mol. The van der Waals surface area contributed by atoms with Crippen LogP contribution < -0.4 is 4.74 Å². The molecule has 0 spiro atoms. The van der Waals surface area contributed by atoms with E-state index in [0.29, 0.717) is 6.42 Å². The van der Waals surface area contributed by atoms with Crippen LogP contribution >= 0.6 is 0 Å². The summed E-state index contributed by atoms with van der Waals surface area (Å²) in [5, 5.41) is 0. The van der Waals surface area contributed by atoms with Crippen LogP contribution in [0.4, 0.5) is 0 Å². The van der Waals surface area contributed by atoms with Crippen molar-refractivity contribution in [3.63, 3.8) is 0 Å². The second-order valence-corrected chi connectivity index (χ2v) is 5.33. The molecule has 0 radical (unpaired) electrons. The zero-order chi connectivity index (χ0) is 14.6. The molecule has 0 amide bonds. The molecule has 19 heavy (non-hydrogen) atoms. The summed E-state index contributed by atoms with van der Waals surface area (Å²) < 4.78 is 5.35. The van der Waals surface area contributed by atoms with Gasteiger partial charge in [-0.05, 0) is 64.0 Å². The number of benzene rings is 1. The molecular weight excluding hydrogens is 238 g/mol. The summed E-state index contributed by atoms with van der Waals surface area (Å²) in [4.78, 5) is 13.4. The van der Waals surface area contributed by atoms with E-state index in [4.69, 9.17) is 4.74 Å². The van der Waals surface area contributed by atoms with Crippen molar-refractivity contribution in [3.8, 4) is 5.75 Å². The zero-order valence-electron chi connectivity index (χ0n) is 12.9. The first-order valence-corrected chi connectivity index (χ1v) is 6.68. The minimum Gasteiger partial charge on any atom is -0.496 e. The number of nitrogens with zero attached hydrogens (tertiary/aromatic N) is 1. The molecule has 3 nitrogen and oxygen atoms in total. The Labute approximate surface area is 116 Å². The molecule has 3 heteroatoms. The predicted octanol–water partition coefficient (Wildman–Crippen LogP) is 3.28. The van der Waals surface area contributed by atoms with Gasteiger partial charge < -0.3 is 14.4 Å². The number of ketones is 1. The molecule has 0 saturated carbocycles. The van der Waals surface area contributed by atoms with Crippen LogP contribution in [0.15, 0.2) is 12.1 Å². The van der Waals surface area contributed by atoms with Crippen molar-refractivity contribution in [2.75, 3.05) is 21.2 Å². The molecule has 0 aliphatic heterocycles. The standard InChI is InChI=1S/C16H25NO2/c1-11(18)7-9-15(17(4)5)14-8-10-16(19-6)13(3)12(14)2/h8,10,15H,7,9H2,1-6H3. The van der Waals surface area contributed by atoms with Gasteiger partial charge in [0.2, 0.25) is 0 Å². The van der Waals surface area contributed by atoms with E-state index < -0.39 is 0 Å². The lowest BCUT2D eigenvalue weighted by molar-refractivity contribution is -0.117. The summed E-state index contributed by atoms with van der Waals surface area (Å²) in [5.74, 6) is 1.17. The van der Waals surface area contributed by atoms with Crippen molar-refractivity contribution in [2.45, 2.75) is 39.7 Å². The Hall–Kier alpha value is -1.35. The highest BCUT2D eigenvalue weighted by Crippen LogP contribution is 2.32. The van der Waals surface area contributed by atoms with Crippen LogP contribution in [-0.4, -0.2) is 31.9 Å². The van der Waals surface area contributed by atoms with E-state index in [-0.39, 0.29) is 11.8 Å². The van der Waals surface area contributed by atoms with Crippen LogP contribution in [0, 0.1) is 13.8 Å². The first kappa shape index (κ1) is 15.7. The van der Waals surface area contributed by atoms with Crippen molar-refractivity contribution < 1.29 is 9.53 Å². The fourth-order valence-corrected chi connectivity index (χ4v) is 2.43. The molecule has 0 N–H and O–H groups in total. The number of methoxy groups -OCH3 is 1. The minimum atomic E-state index is 0.245. The van der Waals surface area contributed by atoms with Gasteiger partial charge in [0.05, 0.1) is 7.11 Å². The molecule has 1 aromatic rings. The average Bonchev–Trinajstić information content (AvgIpc) is 2.34. The summed E-state index contributed by atoms with van der Waals surface area (Å²) in [5.41, 5.74) is 3.71. The lowest BCUT2D eigenvalue weighted by atomic mass is 9.93. The Balaban J connectivity index is 3.09. The SMILES string of the molecule is COc1ccc(C(CCC(C)=O)N(C)C)c(C)c1C. The summed E-state index contributed by atoms with van der Waals surface area (Å²) >= 11 is 0. The monoisotopic (exact) mass is 263 g/mol. The lowest BCUT2D eigenvalue weighted by Gasteiger charge is -2.27. The third-order valence-electron chi connectivity index (χ3n) is 3.75. The maximum absolute atomic E-state index is 11.2. The third-order valence-corrected chi connectivity index (χ3v) is 3.75. The van der Waals surface area contributed by atoms with E-state index in [2.05, 4.69) is 38.9 Å². The topological polar surface area (TPSA) is 29.5 Å². The summed E-state index contributed by atoms with van der Waals surface area (Å²) in [6, 6.07) is 4.40. The molecule has 0 aliphatic rings. The number of carbonyl (C=O) groups is 1. The van der Waals surface area contributed by atoms with Crippen molar-refractivity contribution in [1.29, 1.82) is 0 Å². The molecule has 0 aromatic heterocycles. The van der Waals surface area contributed by atoms with Crippen molar-refractivity contribution in [1.82, 2.24) is 4.90 Å². The van der Waals surface area contributed by atoms with Gasteiger partial charge in [-0.2, -0.15) is 0 Å². The Bertz CT molecular complexity index is 452. The number of hydrogen-bond acceptors (Lipinski definition) is 3. The third kappa shape index (κ3) is 3.80. The Morgan fingerprint density at radius 1 is 1.26 bits per heavy atom. The number of carbonyl (C=O) groups excluding carboxylic acids is 1. The van der Waals surface area contributed by atoms with Crippen molar-refractivity contribution in [2.24, 2.45) is 0 Å². The van der Waals surface area contributed by atoms with Gasteiger partial charge >= 0.3 is 0 Å². The zero-order valence-corrected chi connectivity index (χ0v) is 12.9. The lowest BCUT2D eigenvalue weighted by Crippen LogP contribution is -2.21. The number of Topliss-reactive ketones (excluding diaryl/α,β-unsaturated/α-hetero) is 1.